The summed E-state index contributed by atoms with van der Waals surface area (Å²) in [6, 6.07) is 0. The van der Waals surface area contributed by atoms with Crippen molar-refractivity contribution in [2.45, 2.75) is 216 Å². The van der Waals surface area contributed by atoms with Gasteiger partial charge in [-0.25, -0.2) is 0 Å². The maximum absolute atomic E-state index is 12.0. The zero-order valence-electron chi connectivity index (χ0n) is 36.7. The van der Waals surface area contributed by atoms with Gasteiger partial charge in [0.05, 0.1) is 37.6 Å². The molecular formula is C45H74O16. The van der Waals surface area contributed by atoms with Crippen LogP contribution in [0.15, 0.2) is 0 Å². The van der Waals surface area contributed by atoms with Crippen LogP contribution in [0.4, 0.5) is 0 Å². The van der Waals surface area contributed by atoms with Crippen molar-refractivity contribution in [2.24, 2.45) is 52.3 Å². The number of fused-ring (bicyclic) bond motifs is 7. The van der Waals surface area contributed by atoms with E-state index in [4.69, 9.17) is 37.9 Å². The van der Waals surface area contributed by atoms with Crippen molar-refractivity contribution in [2.75, 3.05) is 13.2 Å². The molecule has 9 fully saturated rings. The van der Waals surface area contributed by atoms with Crippen LogP contribution in [0.1, 0.15) is 106 Å². The molecule has 9 rings (SSSR count). The summed E-state index contributed by atoms with van der Waals surface area (Å²) in [5.74, 6) is 3.27. The van der Waals surface area contributed by atoms with Gasteiger partial charge in [0.25, 0.3) is 0 Å². The number of ether oxygens (including phenoxy) is 8. The minimum absolute atomic E-state index is 0.122. The molecule has 27 atom stereocenters. The van der Waals surface area contributed by atoms with Crippen LogP contribution < -0.4 is 0 Å². The number of hydrogen-bond donors (Lipinski definition) is 8. The maximum atomic E-state index is 12.0. The van der Waals surface area contributed by atoms with E-state index in [2.05, 4.69) is 27.7 Å². The number of rotatable bonds is 7. The van der Waals surface area contributed by atoms with E-state index in [1.165, 1.54) is 26.7 Å². The van der Waals surface area contributed by atoms with Crippen molar-refractivity contribution in [3.8, 4) is 0 Å². The van der Waals surface area contributed by atoms with E-state index in [-0.39, 0.29) is 23.0 Å². The summed E-state index contributed by atoms with van der Waals surface area (Å²) in [6.07, 6.45) is -11.0. The van der Waals surface area contributed by atoms with Gasteiger partial charge in [0.1, 0.15) is 61.0 Å². The number of aliphatic hydroxyl groups excluding tert-OH is 8. The van der Waals surface area contributed by atoms with Crippen LogP contribution in [0.2, 0.25) is 0 Å². The van der Waals surface area contributed by atoms with Gasteiger partial charge in [-0.1, -0.05) is 27.7 Å². The molecule has 8 N–H and O–H groups in total. The van der Waals surface area contributed by atoms with E-state index in [1.807, 2.05) is 0 Å². The summed E-state index contributed by atoms with van der Waals surface area (Å²) in [5, 5.41) is 85.9. The van der Waals surface area contributed by atoms with Gasteiger partial charge in [0.2, 0.25) is 0 Å². The Morgan fingerprint density at radius 1 is 0.590 bits per heavy atom. The molecule has 4 aliphatic carbocycles. The highest BCUT2D eigenvalue weighted by Gasteiger charge is 2.69. The first-order valence-electron chi connectivity index (χ1n) is 23.5. The van der Waals surface area contributed by atoms with Crippen LogP contribution in [-0.4, -0.2) is 164 Å². The molecule has 350 valence electrons. The quantitative estimate of drug-likeness (QED) is 0.169. The highest BCUT2D eigenvalue weighted by molar-refractivity contribution is 5.15. The third kappa shape index (κ3) is 7.50. The third-order valence-corrected chi connectivity index (χ3v) is 18.2. The molecule has 4 saturated carbocycles. The summed E-state index contributed by atoms with van der Waals surface area (Å²) >= 11 is 0. The van der Waals surface area contributed by atoms with Gasteiger partial charge in [-0.2, -0.15) is 0 Å². The second-order valence-corrected chi connectivity index (χ2v) is 21.5. The Hall–Kier alpha value is -0.640. The number of hydrogen-bond acceptors (Lipinski definition) is 16. The van der Waals surface area contributed by atoms with Gasteiger partial charge in [-0.3, -0.25) is 0 Å². The maximum Gasteiger partial charge on any atom is 0.187 e. The Labute approximate surface area is 359 Å². The lowest BCUT2D eigenvalue weighted by molar-refractivity contribution is -0.389. The Kier molecular flexibility index (Phi) is 12.6. The molecule has 5 saturated heterocycles. The van der Waals surface area contributed by atoms with Crippen molar-refractivity contribution >= 4 is 0 Å². The average Bonchev–Trinajstić information content (AvgIpc) is 3.69. The van der Waals surface area contributed by atoms with E-state index >= 15 is 0 Å². The molecule has 0 radical (unpaired) electrons. The SMILES string of the molecule is C[C@H]1CC[C@@]2(OC1)O[C@H]1CC3[C@@H]4CC[C@@H]5C[C@@H](O[C@@H]6O[C@H](CO)[C@@H](O[C@@H]7O[C@@H](C)[C@H](O)[C@@H](O)[C@H]7O)[C@H](O)[C@H]6O[C@@H]6O[C@@H](C)[C@H](O)[C@@H](O)[C@H]6O)CC[C@]5(C)C4CC[C@]3(C)[C@H]1[C@@H]2C. The highest BCUT2D eigenvalue weighted by atomic mass is 16.8. The monoisotopic (exact) mass is 870 g/mol. The van der Waals surface area contributed by atoms with Crippen molar-refractivity contribution in [1.82, 2.24) is 0 Å². The smallest absolute Gasteiger partial charge is 0.187 e. The molecule has 5 aliphatic heterocycles. The third-order valence-electron chi connectivity index (χ3n) is 18.2. The van der Waals surface area contributed by atoms with E-state index in [0.29, 0.717) is 41.4 Å². The van der Waals surface area contributed by atoms with E-state index in [9.17, 15) is 40.9 Å². The van der Waals surface area contributed by atoms with Gasteiger partial charge in [0, 0.05) is 12.3 Å². The summed E-state index contributed by atoms with van der Waals surface area (Å²) < 4.78 is 50.3. The van der Waals surface area contributed by atoms with Crippen LogP contribution in [0.5, 0.6) is 0 Å². The summed E-state index contributed by atoms with van der Waals surface area (Å²) in [6.45, 7) is 12.9. The molecule has 0 aromatic heterocycles. The lowest BCUT2D eigenvalue weighted by Gasteiger charge is -2.61. The predicted octanol–water partition coefficient (Wildman–Crippen LogP) is 1.32. The summed E-state index contributed by atoms with van der Waals surface area (Å²) in [7, 11) is 0. The van der Waals surface area contributed by atoms with Crippen molar-refractivity contribution < 1.29 is 78.7 Å². The molecule has 9 aliphatic rings. The van der Waals surface area contributed by atoms with Gasteiger partial charge in [-0.15, -0.1) is 0 Å². The second-order valence-electron chi connectivity index (χ2n) is 21.5. The first-order chi connectivity index (χ1) is 28.9. The fourth-order valence-corrected chi connectivity index (χ4v) is 14.6. The lowest BCUT2D eigenvalue weighted by Crippen LogP contribution is -2.66. The molecule has 61 heavy (non-hydrogen) atoms. The highest BCUT2D eigenvalue weighted by Crippen LogP contribution is 2.71. The predicted molar refractivity (Wildman–Crippen MR) is 213 cm³/mol. The van der Waals surface area contributed by atoms with Crippen molar-refractivity contribution in [1.29, 1.82) is 0 Å². The van der Waals surface area contributed by atoms with E-state index in [1.54, 1.807) is 0 Å². The molecule has 0 amide bonds. The zero-order valence-corrected chi connectivity index (χ0v) is 36.7. The zero-order chi connectivity index (χ0) is 43.5. The lowest BCUT2D eigenvalue weighted by atomic mass is 9.44. The molecule has 0 aromatic carbocycles. The Bertz CT molecular complexity index is 1530. The second kappa shape index (κ2) is 16.9. The summed E-state index contributed by atoms with van der Waals surface area (Å²) in [5.41, 5.74) is 0.350. The van der Waals surface area contributed by atoms with Crippen LogP contribution in [0.25, 0.3) is 0 Å². The van der Waals surface area contributed by atoms with Crippen LogP contribution in [0, 0.1) is 52.3 Å². The van der Waals surface area contributed by atoms with Crippen LogP contribution >= 0.6 is 0 Å². The van der Waals surface area contributed by atoms with Crippen LogP contribution in [0.3, 0.4) is 0 Å². The Morgan fingerprint density at radius 2 is 1.23 bits per heavy atom. The van der Waals surface area contributed by atoms with E-state index in [0.717, 1.165) is 58.0 Å². The standard InChI is InChI=1S/C45H74O16/c1-19-9-14-45(54-18-19)20(2)30-28(61-45)16-27-25-8-7-23-15-24(10-12-43(23,5)26(25)11-13-44(27,30)6)57-42-39(60-41-36(52)34(50)32(48)22(4)56-41)37(53)38(29(17-46)58-42)59-40-35(51)33(49)31(47)21(3)55-40/h19-42,46-53H,7-18H2,1-6H3/t19-,20-,21-,22-,23+,24-,25+,26?,27?,28-,29+,30-,31-,32-,33+,34+,35+,36+,37-,38+,39+,40-,41-,42+,43-,44-,45+/m0/s1. The summed E-state index contributed by atoms with van der Waals surface area (Å²) in [4.78, 5) is 0. The average molecular weight is 871 g/mol. The number of aliphatic hydroxyl groups is 8. The first kappa shape index (κ1) is 45.5. The minimum atomic E-state index is -1.70. The molecule has 16 heteroatoms. The van der Waals surface area contributed by atoms with Gasteiger partial charge >= 0.3 is 0 Å². The largest absolute Gasteiger partial charge is 0.394 e. The minimum Gasteiger partial charge on any atom is -0.394 e. The molecule has 1 spiro atoms. The fraction of sp³-hybridized carbons (Fsp3) is 1.00. The molecule has 16 nitrogen and oxygen atoms in total. The van der Waals surface area contributed by atoms with Crippen molar-refractivity contribution in [3.05, 3.63) is 0 Å². The molecule has 5 heterocycles. The molecule has 0 bridgehead atoms. The van der Waals surface area contributed by atoms with Gasteiger partial charge in [-0.05, 0) is 118 Å². The van der Waals surface area contributed by atoms with Gasteiger partial charge < -0.3 is 78.7 Å². The van der Waals surface area contributed by atoms with Gasteiger partial charge in [0.15, 0.2) is 24.7 Å². The molecule has 0 aromatic rings. The molecular weight excluding hydrogens is 796 g/mol. The first-order valence-corrected chi connectivity index (χ1v) is 23.5. The Balaban J connectivity index is 0.897. The molecule has 2 unspecified atom stereocenters. The topological polar surface area (TPSA) is 236 Å². The van der Waals surface area contributed by atoms with Crippen molar-refractivity contribution in [3.63, 3.8) is 0 Å². The van der Waals surface area contributed by atoms with E-state index < -0.39 is 105 Å². The normalized spacial score (nSPS) is 59.7. The van der Waals surface area contributed by atoms with Crippen LogP contribution in [-0.2, 0) is 37.9 Å². The fourth-order valence-electron chi connectivity index (χ4n) is 14.6. The Morgan fingerprint density at radius 3 is 1.85 bits per heavy atom.